The molecule has 4 heteroatoms. The van der Waals surface area contributed by atoms with Crippen LogP contribution in [0.15, 0.2) is 18.2 Å². The van der Waals surface area contributed by atoms with Crippen molar-refractivity contribution in [2.75, 3.05) is 18.5 Å². The van der Waals surface area contributed by atoms with Crippen molar-refractivity contribution in [2.45, 2.75) is 32.5 Å². The first-order valence-electron chi connectivity index (χ1n) is 5.90. The van der Waals surface area contributed by atoms with Gasteiger partial charge in [-0.05, 0) is 32.9 Å². The lowest BCUT2D eigenvalue weighted by molar-refractivity contribution is 0.0884. The molecule has 0 spiro atoms. The quantitative estimate of drug-likeness (QED) is 0.853. The molecule has 18 heavy (non-hydrogen) atoms. The molecule has 0 aliphatic heterocycles. The zero-order chi connectivity index (χ0) is 13.9. The molecule has 0 amide bonds. The standard InChI is InChI=1S/C14H20N2O2/c1-10(17)12-6-5-11(8-15)7-13(12)16(4)9-14(2,3)18/h5-7,10,17-18H,9H2,1-4H3/t10-/m0/s1. The van der Waals surface area contributed by atoms with Crippen LogP contribution in [0.3, 0.4) is 0 Å². The van der Waals surface area contributed by atoms with Gasteiger partial charge < -0.3 is 15.1 Å². The summed E-state index contributed by atoms with van der Waals surface area (Å²) in [6, 6.07) is 7.24. The van der Waals surface area contributed by atoms with E-state index in [2.05, 4.69) is 6.07 Å². The minimum Gasteiger partial charge on any atom is -0.389 e. The number of hydrogen-bond donors (Lipinski definition) is 2. The van der Waals surface area contributed by atoms with Crippen LogP contribution in [0.2, 0.25) is 0 Å². The zero-order valence-electron chi connectivity index (χ0n) is 11.3. The third-order valence-corrected chi connectivity index (χ3v) is 2.64. The van der Waals surface area contributed by atoms with Gasteiger partial charge in [0.15, 0.2) is 0 Å². The second-order valence-electron chi connectivity index (χ2n) is 5.23. The molecule has 0 aromatic heterocycles. The molecule has 0 saturated heterocycles. The molecule has 98 valence electrons. The smallest absolute Gasteiger partial charge is 0.0992 e. The molecular weight excluding hydrogens is 228 g/mol. The van der Waals surface area contributed by atoms with E-state index in [0.717, 1.165) is 11.3 Å². The van der Waals surface area contributed by atoms with E-state index < -0.39 is 11.7 Å². The summed E-state index contributed by atoms with van der Waals surface area (Å²) < 4.78 is 0. The van der Waals surface area contributed by atoms with Gasteiger partial charge in [0.05, 0.1) is 23.3 Å². The number of hydrogen-bond acceptors (Lipinski definition) is 4. The maximum Gasteiger partial charge on any atom is 0.0992 e. The van der Waals surface area contributed by atoms with Crippen molar-refractivity contribution in [3.63, 3.8) is 0 Å². The van der Waals surface area contributed by atoms with Crippen LogP contribution in [-0.2, 0) is 0 Å². The first kappa shape index (κ1) is 14.5. The first-order valence-corrected chi connectivity index (χ1v) is 5.90. The molecule has 0 aliphatic rings. The van der Waals surface area contributed by atoms with Crippen molar-refractivity contribution in [1.82, 2.24) is 0 Å². The molecule has 4 nitrogen and oxygen atoms in total. The van der Waals surface area contributed by atoms with Crippen molar-refractivity contribution >= 4 is 5.69 Å². The summed E-state index contributed by atoms with van der Waals surface area (Å²) in [5, 5.41) is 28.5. The van der Waals surface area contributed by atoms with Gasteiger partial charge in [-0.1, -0.05) is 6.07 Å². The fourth-order valence-corrected chi connectivity index (χ4v) is 1.96. The monoisotopic (exact) mass is 248 g/mol. The number of benzene rings is 1. The fraction of sp³-hybridized carbons (Fsp3) is 0.500. The van der Waals surface area contributed by atoms with Gasteiger partial charge >= 0.3 is 0 Å². The van der Waals surface area contributed by atoms with Gasteiger partial charge in [-0.15, -0.1) is 0 Å². The van der Waals surface area contributed by atoms with Crippen molar-refractivity contribution < 1.29 is 10.2 Å². The van der Waals surface area contributed by atoms with Crippen molar-refractivity contribution in [3.8, 4) is 6.07 Å². The molecule has 1 atom stereocenters. The number of likely N-dealkylation sites (N-methyl/N-ethyl adjacent to an activating group) is 1. The summed E-state index contributed by atoms with van der Waals surface area (Å²) >= 11 is 0. The lowest BCUT2D eigenvalue weighted by Crippen LogP contribution is -2.36. The van der Waals surface area contributed by atoms with Gasteiger partial charge in [0.1, 0.15) is 0 Å². The summed E-state index contributed by atoms with van der Waals surface area (Å²) in [4.78, 5) is 1.85. The molecule has 0 heterocycles. The lowest BCUT2D eigenvalue weighted by atomic mass is 10.0. The molecule has 0 radical (unpaired) electrons. The summed E-state index contributed by atoms with van der Waals surface area (Å²) in [6.45, 7) is 5.55. The van der Waals surface area contributed by atoms with E-state index in [1.54, 1.807) is 39.0 Å². The number of anilines is 1. The average molecular weight is 248 g/mol. The number of aliphatic hydroxyl groups excluding tert-OH is 1. The minimum absolute atomic E-state index is 0.418. The van der Waals surface area contributed by atoms with Crippen LogP contribution in [0, 0.1) is 11.3 Å². The van der Waals surface area contributed by atoms with E-state index in [0.29, 0.717) is 12.1 Å². The van der Waals surface area contributed by atoms with Crippen molar-refractivity contribution in [1.29, 1.82) is 5.26 Å². The molecule has 0 saturated carbocycles. The number of rotatable bonds is 4. The number of nitrogens with zero attached hydrogens (tertiary/aromatic N) is 2. The van der Waals surface area contributed by atoms with Crippen LogP contribution in [-0.4, -0.2) is 29.4 Å². The van der Waals surface area contributed by atoms with Crippen LogP contribution in [0.4, 0.5) is 5.69 Å². The Hall–Kier alpha value is -1.57. The zero-order valence-corrected chi connectivity index (χ0v) is 11.3. The number of aliphatic hydroxyl groups is 2. The Bertz CT molecular complexity index is 456. The van der Waals surface area contributed by atoms with Crippen LogP contribution in [0.5, 0.6) is 0 Å². The maximum absolute atomic E-state index is 9.84. The number of nitriles is 1. The Kier molecular flexibility index (Phi) is 4.33. The third kappa shape index (κ3) is 3.73. The second-order valence-corrected chi connectivity index (χ2v) is 5.23. The Morgan fingerprint density at radius 1 is 1.44 bits per heavy atom. The van der Waals surface area contributed by atoms with E-state index in [4.69, 9.17) is 5.26 Å². The van der Waals surface area contributed by atoms with E-state index in [1.165, 1.54) is 0 Å². The topological polar surface area (TPSA) is 67.5 Å². The average Bonchev–Trinajstić information content (AvgIpc) is 2.25. The van der Waals surface area contributed by atoms with Crippen LogP contribution >= 0.6 is 0 Å². The Morgan fingerprint density at radius 2 is 2.06 bits per heavy atom. The SMILES string of the molecule is C[C@H](O)c1ccc(C#N)cc1N(C)CC(C)(C)O. The van der Waals surface area contributed by atoms with Gasteiger partial charge in [-0.25, -0.2) is 0 Å². The summed E-state index contributed by atoms with van der Waals surface area (Å²) in [6.07, 6.45) is -0.614. The largest absolute Gasteiger partial charge is 0.389 e. The fourth-order valence-electron chi connectivity index (χ4n) is 1.96. The van der Waals surface area contributed by atoms with Crippen LogP contribution < -0.4 is 4.90 Å². The predicted octanol–water partition coefficient (Wildman–Crippen LogP) is 1.82. The predicted molar refractivity (Wildman–Crippen MR) is 71.4 cm³/mol. The highest BCUT2D eigenvalue weighted by Crippen LogP contribution is 2.27. The second kappa shape index (κ2) is 5.38. The molecular formula is C14H20N2O2. The third-order valence-electron chi connectivity index (χ3n) is 2.64. The Morgan fingerprint density at radius 3 is 2.50 bits per heavy atom. The van der Waals surface area contributed by atoms with E-state index >= 15 is 0 Å². The summed E-state index contributed by atoms with van der Waals surface area (Å²) in [7, 11) is 1.83. The molecule has 0 fully saturated rings. The van der Waals surface area contributed by atoms with E-state index in [-0.39, 0.29) is 0 Å². The normalized spacial score (nSPS) is 12.9. The highest BCUT2D eigenvalue weighted by molar-refractivity contribution is 5.58. The van der Waals surface area contributed by atoms with Gasteiger partial charge in [0, 0.05) is 24.8 Å². The van der Waals surface area contributed by atoms with Crippen LogP contribution in [0.1, 0.15) is 38.0 Å². The van der Waals surface area contributed by atoms with Gasteiger partial charge in [-0.2, -0.15) is 5.26 Å². The highest BCUT2D eigenvalue weighted by Gasteiger charge is 2.19. The Labute approximate surface area is 108 Å². The molecule has 1 rings (SSSR count). The molecule has 1 aromatic carbocycles. The molecule has 1 aromatic rings. The van der Waals surface area contributed by atoms with Gasteiger partial charge in [0.2, 0.25) is 0 Å². The van der Waals surface area contributed by atoms with Gasteiger partial charge in [-0.3, -0.25) is 0 Å². The van der Waals surface area contributed by atoms with Crippen LogP contribution in [0.25, 0.3) is 0 Å². The maximum atomic E-state index is 9.84. The Balaban J connectivity index is 3.15. The molecule has 0 bridgehead atoms. The van der Waals surface area contributed by atoms with Crippen molar-refractivity contribution in [2.24, 2.45) is 0 Å². The molecule has 0 unspecified atom stereocenters. The minimum atomic E-state index is -0.840. The van der Waals surface area contributed by atoms with E-state index in [1.807, 2.05) is 11.9 Å². The molecule has 2 N–H and O–H groups in total. The van der Waals surface area contributed by atoms with Crippen molar-refractivity contribution in [3.05, 3.63) is 29.3 Å². The summed E-state index contributed by atoms with van der Waals surface area (Å²) in [5.74, 6) is 0. The highest BCUT2D eigenvalue weighted by atomic mass is 16.3. The van der Waals surface area contributed by atoms with E-state index in [9.17, 15) is 10.2 Å². The summed E-state index contributed by atoms with van der Waals surface area (Å²) in [5.41, 5.74) is 1.22. The lowest BCUT2D eigenvalue weighted by Gasteiger charge is -2.29. The first-order chi connectivity index (χ1) is 8.24. The van der Waals surface area contributed by atoms with Gasteiger partial charge in [0.25, 0.3) is 0 Å². The molecule has 0 aliphatic carbocycles.